The molecule has 0 fully saturated rings. The number of aryl methyl sites for hydroxylation is 1. The van der Waals surface area contributed by atoms with Gasteiger partial charge in [-0.15, -0.1) is 0 Å². The van der Waals surface area contributed by atoms with Gasteiger partial charge in [0.2, 0.25) is 0 Å². The third-order valence-corrected chi connectivity index (χ3v) is 4.68. The molecule has 0 saturated carbocycles. The number of nitrogens with one attached hydrogen (secondary N) is 1. The van der Waals surface area contributed by atoms with Gasteiger partial charge in [0.15, 0.2) is 6.61 Å². The number of benzene rings is 2. The van der Waals surface area contributed by atoms with Gasteiger partial charge in [-0.1, -0.05) is 62.7 Å². The fourth-order valence-electron chi connectivity index (χ4n) is 2.96. The van der Waals surface area contributed by atoms with Crippen LogP contribution in [0, 0.1) is 23.0 Å². The molecule has 0 aliphatic heterocycles. The van der Waals surface area contributed by atoms with Crippen LogP contribution < -0.4 is 5.32 Å². The van der Waals surface area contributed by atoms with Crippen LogP contribution >= 0.6 is 0 Å². The molecule has 7 heteroatoms. The number of anilines is 1. The van der Waals surface area contributed by atoms with Crippen molar-refractivity contribution in [2.75, 3.05) is 11.9 Å². The number of carbonyl (C=O) groups excluding carboxylic acids is 2. The van der Waals surface area contributed by atoms with Crippen LogP contribution in [0.25, 0.3) is 0 Å². The van der Waals surface area contributed by atoms with Gasteiger partial charge in [-0.3, -0.25) is 19.7 Å². The maximum Gasteiger partial charge on any atom is 0.314 e. The first kappa shape index (κ1) is 21.1. The number of esters is 1. The van der Waals surface area contributed by atoms with E-state index < -0.39 is 29.3 Å². The van der Waals surface area contributed by atoms with Crippen LogP contribution in [0.2, 0.25) is 0 Å². The average molecular weight is 384 g/mol. The highest BCUT2D eigenvalue weighted by Crippen LogP contribution is 2.29. The number of hydrogen-bond donors (Lipinski definition) is 1. The Labute approximate surface area is 163 Å². The van der Waals surface area contributed by atoms with Crippen LogP contribution in [-0.4, -0.2) is 23.4 Å². The minimum absolute atomic E-state index is 0.0374. The average Bonchev–Trinajstić information content (AvgIpc) is 2.68. The largest absolute Gasteiger partial charge is 0.455 e. The zero-order valence-corrected chi connectivity index (χ0v) is 16.2. The van der Waals surface area contributed by atoms with Crippen molar-refractivity contribution in [1.82, 2.24) is 0 Å². The van der Waals surface area contributed by atoms with Crippen molar-refractivity contribution in [3.05, 3.63) is 69.8 Å². The molecule has 0 aromatic heterocycles. The van der Waals surface area contributed by atoms with E-state index in [9.17, 15) is 19.7 Å². The Morgan fingerprint density at radius 2 is 1.82 bits per heavy atom. The minimum Gasteiger partial charge on any atom is -0.455 e. The fraction of sp³-hybridized carbons (Fsp3) is 0.333. The minimum atomic E-state index is -0.623. The van der Waals surface area contributed by atoms with Crippen molar-refractivity contribution < 1.29 is 19.2 Å². The van der Waals surface area contributed by atoms with E-state index in [0.29, 0.717) is 5.56 Å². The monoisotopic (exact) mass is 384 g/mol. The first-order valence-electron chi connectivity index (χ1n) is 9.10. The molecule has 0 spiro atoms. The lowest BCUT2D eigenvalue weighted by Gasteiger charge is -2.21. The zero-order valence-electron chi connectivity index (χ0n) is 16.2. The Kier molecular flexibility index (Phi) is 7.26. The molecule has 0 aliphatic rings. The number of amides is 1. The van der Waals surface area contributed by atoms with Crippen LogP contribution in [0.4, 0.5) is 11.4 Å². The molecule has 7 nitrogen and oxygen atoms in total. The number of para-hydroxylation sites is 1. The number of nitro groups is 1. The highest BCUT2D eigenvalue weighted by molar-refractivity contribution is 5.96. The normalized spacial score (nSPS) is 12.7. The SMILES string of the molecule is CC[C@H](C)[C@@H](C(=O)OCC(=O)Nc1c(C)cccc1[N+](=O)[O-])c1ccccc1. The lowest BCUT2D eigenvalue weighted by Crippen LogP contribution is -2.27. The summed E-state index contributed by atoms with van der Waals surface area (Å²) in [4.78, 5) is 35.4. The van der Waals surface area contributed by atoms with Crippen LogP contribution in [-0.2, 0) is 14.3 Å². The summed E-state index contributed by atoms with van der Waals surface area (Å²) in [7, 11) is 0. The van der Waals surface area contributed by atoms with Gasteiger partial charge >= 0.3 is 5.97 Å². The van der Waals surface area contributed by atoms with Crippen LogP contribution in [0.5, 0.6) is 0 Å². The summed E-state index contributed by atoms with van der Waals surface area (Å²) >= 11 is 0. The molecular formula is C21H24N2O5. The topological polar surface area (TPSA) is 98.5 Å². The standard InChI is InChI=1S/C21H24N2O5/c1-4-14(2)19(16-10-6-5-7-11-16)21(25)28-13-18(24)22-20-15(3)9-8-12-17(20)23(26)27/h5-12,14,19H,4,13H2,1-3H3,(H,22,24)/t14-,19+/m0/s1. The van der Waals surface area contributed by atoms with E-state index in [1.54, 1.807) is 19.1 Å². The number of nitro benzene ring substituents is 1. The van der Waals surface area contributed by atoms with E-state index in [2.05, 4.69) is 5.32 Å². The molecule has 1 N–H and O–H groups in total. The summed E-state index contributed by atoms with van der Waals surface area (Å²) in [6.45, 7) is 5.08. The second-order valence-corrected chi connectivity index (χ2v) is 6.66. The van der Waals surface area contributed by atoms with E-state index in [-0.39, 0.29) is 17.3 Å². The molecule has 28 heavy (non-hydrogen) atoms. The van der Waals surface area contributed by atoms with Crippen LogP contribution in [0.3, 0.4) is 0 Å². The third kappa shape index (κ3) is 5.16. The Hall–Kier alpha value is -3.22. The molecule has 0 aliphatic carbocycles. The smallest absolute Gasteiger partial charge is 0.314 e. The van der Waals surface area contributed by atoms with E-state index in [4.69, 9.17) is 4.74 Å². The first-order valence-corrected chi connectivity index (χ1v) is 9.10. The first-order chi connectivity index (χ1) is 13.3. The van der Waals surface area contributed by atoms with Gasteiger partial charge in [-0.05, 0) is 24.0 Å². The molecule has 0 saturated heterocycles. The summed E-state index contributed by atoms with van der Waals surface area (Å²) < 4.78 is 5.23. The number of carbonyl (C=O) groups is 2. The quantitative estimate of drug-likeness (QED) is 0.417. The van der Waals surface area contributed by atoms with Gasteiger partial charge < -0.3 is 10.1 Å². The molecule has 0 radical (unpaired) electrons. The molecular weight excluding hydrogens is 360 g/mol. The Balaban J connectivity index is 2.07. The van der Waals surface area contributed by atoms with Gasteiger partial charge in [0.05, 0.1) is 10.8 Å². The van der Waals surface area contributed by atoms with E-state index in [1.807, 2.05) is 44.2 Å². The highest BCUT2D eigenvalue weighted by Gasteiger charge is 2.28. The van der Waals surface area contributed by atoms with Crippen molar-refractivity contribution in [2.24, 2.45) is 5.92 Å². The Morgan fingerprint density at radius 3 is 2.43 bits per heavy atom. The molecule has 2 rings (SSSR count). The van der Waals surface area contributed by atoms with Crippen LogP contribution in [0.15, 0.2) is 48.5 Å². The molecule has 2 atom stereocenters. The molecule has 0 bridgehead atoms. The van der Waals surface area contributed by atoms with Crippen molar-refractivity contribution >= 4 is 23.3 Å². The Morgan fingerprint density at radius 1 is 1.14 bits per heavy atom. The fourth-order valence-corrected chi connectivity index (χ4v) is 2.96. The van der Waals surface area contributed by atoms with E-state index in [1.165, 1.54) is 6.07 Å². The second kappa shape index (κ2) is 9.64. The predicted octanol–water partition coefficient (Wildman–Crippen LogP) is 4.21. The van der Waals surface area contributed by atoms with Gasteiger partial charge in [0.1, 0.15) is 5.69 Å². The maximum absolute atomic E-state index is 12.6. The van der Waals surface area contributed by atoms with Gasteiger partial charge in [0.25, 0.3) is 11.6 Å². The lowest BCUT2D eigenvalue weighted by molar-refractivity contribution is -0.384. The molecule has 0 heterocycles. The summed E-state index contributed by atoms with van der Waals surface area (Å²) in [5.74, 6) is -1.56. The summed E-state index contributed by atoms with van der Waals surface area (Å²) in [5.41, 5.74) is 1.28. The summed E-state index contributed by atoms with van der Waals surface area (Å²) in [6, 6.07) is 13.8. The van der Waals surface area contributed by atoms with Gasteiger partial charge in [0, 0.05) is 6.07 Å². The van der Waals surface area contributed by atoms with Crippen molar-refractivity contribution in [3.8, 4) is 0 Å². The maximum atomic E-state index is 12.6. The molecule has 148 valence electrons. The van der Waals surface area contributed by atoms with Crippen molar-refractivity contribution in [3.63, 3.8) is 0 Å². The van der Waals surface area contributed by atoms with E-state index in [0.717, 1.165) is 12.0 Å². The second-order valence-electron chi connectivity index (χ2n) is 6.66. The third-order valence-electron chi connectivity index (χ3n) is 4.68. The van der Waals surface area contributed by atoms with Crippen molar-refractivity contribution in [2.45, 2.75) is 33.1 Å². The number of nitrogens with zero attached hydrogens (tertiary/aromatic N) is 1. The zero-order chi connectivity index (χ0) is 20.7. The molecule has 1 amide bonds. The predicted molar refractivity (Wildman–Crippen MR) is 106 cm³/mol. The summed E-state index contributed by atoms with van der Waals surface area (Å²) in [5, 5.41) is 13.6. The van der Waals surface area contributed by atoms with Crippen LogP contribution in [0.1, 0.15) is 37.3 Å². The lowest BCUT2D eigenvalue weighted by atomic mass is 9.86. The van der Waals surface area contributed by atoms with Gasteiger partial charge in [-0.25, -0.2) is 0 Å². The molecule has 0 unspecified atom stereocenters. The molecule has 2 aromatic rings. The van der Waals surface area contributed by atoms with Gasteiger partial charge in [-0.2, -0.15) is 0 Å². The number of ether oxygens (including phenoxy) is 1. The summed E-state index contributed by atoms with van der Waals surface area (Å²) in [6.07, 6.45) is 0.774. The van der Waals surface area contributed by atoms with Crippen molar-refractivity contribution in [1.29, 1.82) is 0 Å². The number of rotatable bonds is 8. The van der Waals surface area contributed by atoms with E-state index >= 15 is 0 Å². The molecule has 2 aromatic carbocycles. The number of hydrogen-bond acceptors (Lipinski definition) is 5. The highest BCUT2D eigenvalue weighted by atomic mass is 16.6. The Bertz CT molecular complexity index is 851.